The third-order valence-corrected chi connectivity index (χ3v) is 5.48. The summed E-state index contributed by atoms with van der Waals surface area (Å²) in [6, 6.07) is 3.90. The fourth-order valence-electron chi connectivity index (χ4n) is 1.54. The molecule has 0 saturated heterocycles. The van der Waals surface area contributed by atoms with E-state index in [1.807, 2.05) is 26.1 Å². The van der Waals surface area contributed by atoms with E-state index in [-0.39, 0.29) is 0 Å². The third kappa shape index (κ3) is 3.02. The number of nitrogens with one attached hydrogen (secondary N) is 1. The molecule has 0 aliphatic heterocycles. The lowest BCUT2D eigenvalue weighted by atomic mass is 10.4. The molecular formula is C12H12N4OS3. The summed E-state index contributed by atoms with van der Waals surface area (Å²) in [5, 5.41) is 14.9. The first-order chi connectivity index (χ1) is 9.74. The molecule has 3 aromatic heterocycles. The van der Waals surface area contributed by atoms with Crippen molar-refractivity contribution in [1.29, 1.82) is 0 Å². The molecule has 0 radical (unpaired) electrons. The van der Waals surface area contributed by atoms with Crippen LogP contribution in [-0.4, -0.2) is 22.2 Å². The SMILES string of the molecule is CNc1nnc(SCc2csc(-c3ccc(C)o3)n2)s1. The quantitative estimate of drug-likeness (QED) is 0.718. The molecule has 3 rings (SSSR count). The maximum absolute atomic E-state index is 5.58. The largest absolute Gasteiger partial charge is 0.459 e. The fourth-order valence-corrected chi connectivity index (χ4v) is 4.02. The highest BCUT2D eigenvalue weighted by molar-refractivity contribution is 8.00. The van der Waals surface area contributed by atoms with Crippen LogP contribution < -0.4 is 5.32 Å². The van der Waals surface area contributed by atoms with E-state index in [9.17, 15) is 0 Å². The van der Waals surface area contributed by atoms with E-state index in [2.05, 4.69) is 25.9 Å². The number of furan rings is 1. The number of aromatic nitrogens is 3. The van der Waals surface area contributed by atoms with E-state index >= 15 is 0 Å². The lowest BCUT2D eigenvalue weighted by molar-refractivity contribution is 0.548. The molecule has 0 aromatic carbocycles. The van der Waals surface area contributed by atoms with Gasteiger partial charge in [0.2, 0.25) is 5.13 Å². The molecule has 0 unspecified atom stereocenters. The number of nitrogens with zero attached hydrogens (tertiary/aromatic N) is 3. The summed E-state index contributed by atoms with van der Waals surface area (Å²) in [7, 11) is 1.84. The van der Waals surface area contributed by atoms with E-state index < -0.39 is 0 Å². The van der Waals surface area contributed by atoms with Gasteiger partial charge < -0.3 is 9.73 Å². The average molecular weight is 324 g/mol. The van der Waals surface area contributed by atoms with Crippen LogP contribution in [0.1, 0.15) is 11.5 Å². The summed E-state index contributed by atoms with van der Waals surface area (Å²) >= 11 is 4.78. The second kappa shape index (κ2) is 5.94. The number of hydrogen-bond acceptors (Lipinski definition) is 8. The van der Waals surface area contributed by atoms with Crippen molar-refractivity contribution in [2.24, 2.45) is 0 Å². The van der Waals surface area contributed by atoms with Crippen LogP contribution in [0.25, 0.3) is 10.8 Å². The van der Waals surface area contributed by atoms with E-state index in [0.29, 0.717) is 0 Å². The molecular weight excluding hydrogens is 312 g/mol. The van der Waals surface area contributed by atoms with Crippen molar-refractivity contribution in [3.05, 3.63) is 29.0 Å². The van der Waals surface area contributed by atoms with Gasteiger partial charge in [-0.1, -0.05) is 23.1 Å². The van der Waals surface area contributed by atoms with Crippen LogP contribution in [0.2, 0.25) is 0 Å². The Bertz CT molecular complexity index is 703. The minimum atomic E-state index is 0.786. The van der Waals surface area contributed by atoms with Gasteiger partial charge in [0, 0.05) is 18.2 Å². The lowest BCUT2D eigenvalue weighted by Crippen LogP contribution is -1.84. The Labute approximate surface area is 128 Å². The van der Waals surface area contributed by atoms with Gasteiger partial charge in [0.05, 0.1) is 5.69 Å². The summed E-state index contributed by atoms with van der Waals surface area (Å²) < 4.78 is 6.52. The molecule has 1 N–H and O–H groups in total. The molecule has 3 aromatic rings. The molecule has 3 heterocycles. The zero-order chi connectivity index (χ0) is 13.9. The Balaban J connectivity index is 1.65. The monoisotopic (exact) mass is 324 g/mol. The Morgan fingerprint density at radius 3 is 2.95 bits per heavy atom. The Hall–Kier alpha value is -1.38. The zero-order valence-corrected chi connectivity index (χ0v) is 13.4. The summed E-state index contributed by atoms with van der Waals surface area (Å²) in [4.78, 5) is 4.58. The van der Waals surface area contributed by atoms with Crippen LogP contribution >= 0.6 is 34.4 Å². The van der Waals surface area contributed by atoms with E-state index in [1.165, 1.54) is 0 Å². The molecule has 0 saturated carbocycles. The van der Waals surface area contributed by atoms with Gasteiger partial charge in [0.1, 0.15) is 5.76 Å². The van der Waals surface area contributed by atoms with E-state index in [1.54, 1.807) is 34.4 Å². The number of hydrogen-bond donors (Lipinski definition) is 1. The molecule has 0 spiro atoms. The van der Waals surface area contributed by atoms with E-state index in [4.69, 9.17) is 4.42 Å². The molecule has 0 amide bonds. The molecule has 0 aliphatic carbocycles. The molecule has 5 nitrogen and oxygen atoms in total. The Morgan fingerprint density at radius 2 is 2.25 bits per heavy atom. The maximum Gasteiger partial charge on any atom is 0.206 e. The highest BCUT2D eigenvalue weighted by Crippen LogP contribution is 2.30. The number of rotatable bonds is 5. The van der Waals surface area contributed by atoms with Gasteiger partial charge in [-0.05, 0) is 19.1 Å². The van der Waals surface area contributed by atoms with Gasteiger partial charge in [-0.2, -0.15) is 0 Å². The molecule has 0 fully saturated rings. The van der Waals surface area contributed by atoms with Gasteiger partial charge in [0.15, 0.2) is 15.1 Å². The van der Waals surface area contributed by atoms with Crippen LogP contribution in [0.3, 0.4) is 0 Å². The minimum absolute atomic E-state index is 0.786. The van der Waals surface area contributed by atoms with Gasteiger partial charge >= 0.3 is 0 Å². The van der Waals surface area contributed by atoms with Crippen LogP contribution in [-0.2, 0) is 5.75 Å². The van der Waals surface area contributed by atoms with Crippen LogP contribution in [0.15, 0.2) is 26.3 Å². The molecule has 8 heteroatoms. The van der Waals surface area contributed by atoms with Crippen molar-refractivity contribution in [3.8, 4) is 10.8 Å². The highest BCUT2D eigenvalue weighted by atomic mass is 32.2. The average Bonchev–Trinajstić information content (AvgIpc) is 3.16. The van der Waals surface area contributed by atoms with Crippen molar-refractivity contribution < 1.29 is 4.42 Å². The van der Waals surface area contributed by atoms with Gasteiger partial charge in [0.25, 0.3) is 0 Å². The molecule has 0 aliphatic rings. The number of anilines is 1. The topological polar surface area (TPSA) is 63.8 Å². The summed E-state index contributed by atoms with van der Waals surface area (Å²) in [6.07, 6.45) is 0. The number of thiazole rings is 1. The lowest BCUT2D eigenvalue weighted by Gasteiger charge is -1.92. The Morgan fingerprint density at radius 1 is 1.35 bits per heavy atom. The van der Waals surface area contributed by atoms with Crippen molar-refractivity contribution in [2.75, 3.05) is 12.4 Å². The Kier molecular flexibility index (Phi) is 4.04. The molecule has 20 heavy (non-hydrogen) atoms. The second-order valence-electron chi connectivity index (χ2n) is 3.97. The third-order valence-electron chi connectivity index (χ3n) is 2.47. The van der Waals surface area contributed by atoms with Crippen LogP contribution in [0, 0.1) is 6.92 Å². The first-order valence-corrected chi connectivity index (χ1v) is 8.58. The van der Waals surface area contributed by atoms with Crippen molar-refractivity contribution in [3.63, 3.8) is 0 Å². The highest BCUT2D eigenvalue weighted by Gasteiger charge is 2.10. The van der Waals surface area contributed by atoms with Gasteiger partial charge in [-0.3, -0.25) is 0 Å². The molecule has 0 atom stereocenters. The molecule has 104 valence electrons. The van der Waals surface area contributed by atoms with Crippen LogP contribution in [0.4, 0.5) is 5.13 Å². The second-order valence-corrected chi connectivity index (χ2v) is 7.02. The van der Waals surface area contributed by atoms with Crippen LogP contribution in [0.5, 0.6) is 0 Å². The summed E-state index contributed by atoms with van der Waals surface area (Å²) in [5.41, 5.74) is 1.03. The first-order valence-electron chi connectivity index (χ1n) is 5.90. The fraction of sp³-hybridized carbons (Fsp3) is 0.250. The predicted molar refractivity (Wildman–Crippen MR) is 83.6 cm³/mol. The predicted octanol–water partition coefficient (Wildman–Crippen LogP) is 3.90. The summed E-state index contributed by atoms with van der Waals surface area (Å²) in [5.74, 6) is 2.52. The zero-order valence-electron chi connectivity index (χ0n) is 10.9. The van der Waals surface area contributed by atoms with Gasteiger partial charge in [-0.15, -0.1) is 21.5 Å². The maximum atomic E-state index is 5.58. The van der Waals surface area contributed by atoms with E-state index in [0.717, 1.165) is 37.4 Å². The standard InChI is InChI=1S/C12H12N4OS3/c1-7-3-4-9(17-7)10-14-8(5-18-10)6-19-12-16-15-11(13-2)20-12/h3-5H,6H2,1-2H3,(H,13,15). The van der Waals surface area contributed by atoms with Crippen molar-refractivity contribution in [2.45, 2.75) is 17.0 Å². The number of thioether (sulfide) groups is 1. The summed E-state index contributed by atoms with van der Waals surface area (Å²) in [6.45, 7) is 1.93. The first kappa shape index (κ1) is 13.6. The molecule has 0 bridgehead atoms. The number of aryl methyl sites for hydroxylation is 1. The smallest absolute Gasteiger partial charge is 0.206 e. The van der Waals surface area contributed by atoms with Gasteiger partial charge in [-0.25, -0.2) is 4.98 Å². The minimum Gasteiger partial charge on any atom is -0.459 e. The normalized spacial score (nSPS) is 10.9. The van der Waals surface area contributed by atoms with Crippen molar-refractivity contribution in [1.82, 2.24) is 15.2 Å². The van der Waals surface area contributed by atoms with Crippen molar-refractivity contribution >= 4 is 39.6 Å².